The molecule has 0 radical (unpaired) electrons. The molecule has 2 aromatic rings. The second-order valence-electron chi connectivity index (χ2n) is 5.57. The highest BCUT2D eigenvalue weighted by atomic mass is 19.1. The summed E-state index contributed by atoms with van der Waals surface area (Å²) in [4.78, 5) is 37.7. The summed E-state index contributed by atoms with van der Waals surface area (Å²) in [6, 6.07) is 7.37. The van der Waals surface area contributed by atoms with Gasteiger partial charge in [0.1, 0.15) is 11.5 Å². The predicted molar refractivity (Wildman–Crippen MR) is 88.8 cm³/mol. The van der Waals surface area contributed by atoms with Gasteiger partial charge in [0.25, 0.3) is 5.91 Å². The number of nitrogens with one attached hydrogen (secondary N) is 2. The summed E-state index contributed by atoms with van der Waals surface area (Å²) in [5.74, 6) is -1.64. The molecule has 1 aromatic carbocycles. The summed E-state index contributed by atoms with van der Waals surface area (Å²) >= 11 is 0. The minimum absolute atomic E-state index is 0.108. The van der Waals surface area contributed by atoms with Crippen molar-refractivity contribution in [3.63, 3.8) is 0 Å². The summed E-state index contributed by atoms with van der Waals surface area (Å²) in [6.07, 6.45) is 0.960. The lowest BCUT2D eigenvalue weighted by Crippen LogP contribution is -2.37. The Bertz CT molecular complexity index is 768. The van der Waals surface area contributed by atoms with Crippen LogP contribution in [0.5, 0.6) is 0 Å². The van der Waals surface area contributed by atoms with Crippen LogP contribution < -0.4 is 5.32 Å². The van der Waals surface area contributed by atoms with Gasteiger partial charge in [0.15, 0.2) is 11.9 Å². The van der Waals surface area contributed by atoms with Gasteiger partial charge in [0.05, 0.1) is 0 Å². The summed E-state index contributed by atoms with van der Waals surface area (Å²) in [6.45, 7) is 3.18. The van der Waals surface area contributed by atoms with Gasteiger partial charge >= 0.3 is 5.97 Å². The fourth-order valence-electron chi connectivity index (χ4n) is 2.12. The number of aromatic nitrogens is 1. The lowest BCUT2D eigenvalue weighted by atomic mass is 10.1. The fraction of sp³-hybridized carbons (Fsp3) is 0.278. The monoisotopic (exact) mass is 346 g/mol. The van der Waals surface area contributed by atoms with Gasteiger partial charge in [-0.25, -0.2) is 9.18 Å². The Morgan fingerprint density at radius 1 is 1.24 bits per heavy atom. The molecular formula is C18H19FN2O4. The first-order valence-corrected chi connectivity index (χ1v) is 7.79. The van der Waals surface area contributed by atoms with Crippen molar-refractivity contribution < 1.29 is 23.5 Å². The predicted octanol–water partition coefficient (Wildman–Crippen LogP) is 2.26. The second kappa shape index (κ2) is 8.23. The van der Waals surface area contributed by atoms with Crippen molar-refractivity contribution in [2.24, 2.45) is 0 Å². The minimum Gasteiger partial charge on any atom is -0.448 e. The molecular weight excluding hydrogens is 327 g/mol. The van der Waals surface area contributed by atoms with Crippen LogP contribution in [0, 0.1) is 5.82 Å². The lowest BCUT2D eigenvalue weighted by Gasteiger charge is -2.13. The zero-order valence-electron chi connectivity index (χ0n) is 14.0. The Kier molecular flexibility index (Phi) is 6.05. The average Bonchev–Trinajstić information content (AvgIpc) is 3.07. The number of carbonyl (C=O) groups excluding carboxylic acids is 3. The SMILES string of the molecule is CC(=O)c1c[nH]c(C(=O)O[C@H](C)C(=O)NCCc2ccc(F)cc2)c1. The van der Waals surface area contributed by atoms with Crippen molar-refractivity contribution in [2.45, 2.75) is 26.4 Å². The van der Waals surface area contributed by atoms with Crippen molar-refractivity contribution in [2.75, 3.05) is 6.54 Å². The molecule has 132 valence electrons. The molecule has 1 amide bonds. The van der Waals surface area contributed by atoms with Crippen molar-refractivity contribution in [3.05, 3.63) is 59.2 Å². The molecule has 0 fully saturated rings. The summed E-state index contributed by atoms with van der Waals surface area (Å²) in [5, 5.41) is 2.65. The van der Waals surface area contributed by atoms with Crippen LogP contribution in [0.2, 0.25) is 0 Å². The molecule has 0 unspecified atom stereocenters. The van der Waals surface area contributed by atoms with Gasteiger partial charge in [-0.05, 0) is 44.0 Å². The van der Waals surface area contributed by atoms with Crippen LogP contribution in [-0.4, -0.2) is 35.3 Å². The van der Waals surface area contributed by atoms with Crippen LogP contribution in [0.1, 0.15) is 40.3 Å². The van der Waals surface area contributed by atoms with E-state index in [2.05, 4.69) is 10.3 Å². The number of aromatic amines is 1. The van der Waals surface area contributed by atoms with Gasteiger partial charge < -0.3 is 15.0 Å². The van der Waals surface area contributed by atoms with E-state index in [1.54, 1.807) is 12.1 Å². The standard InChI is InChI=1S/C18H19FN2O4/c1-11(22)14-9-16(21-10-14)18(24)25-12(2)17(23)20-8-7-13-3-5-15(19)6-4-13/h3-6,9-10,12,21H,7-8H2,1-2H3,(H,20,23)/t12-/m1/s1. The number of Topliss-reactive ketones (excluding diaryl/α,β-unsaturated/α-hetero) is 1. The highest BCUT2D eigenvalue weighted by molar-refractivity contribution is 5.98. The maximum Gasteiger partial charge on any atom is 0.355 e. The van der Waals surface area contributed by atoms with E-state index in [9.17, 15) is 18.8 Å². The third-order valence-corrected chi connectivity index (χ3v) is 3.59. The van der Waals surface area contributed by atoms with E-state index in [4.69, 9.17) is 4.74 Å². The van der Waals surface area contributed by atoms with Crippen LogP contribution in [0.3, 0.4) is 0 Å². The third kappa shape index (κ3) is 5.27. The highest BCUT2D eigenvalue weighted by Crippen LogP contribution is 2.08. The van der Waals surface area contributed by atoms with Crippen LogP contribution in [-0.2, 0) is 16.0 Å². The number of halogens is 1. The van der Waals surface area contributed by atoms with E-state index < -0.39 is 18.0 Å². The maximum atomic E-state index is 12.8. The largest absolute Gasteiger partial charge is 0.448 e. The minimum atomic E-state index is -0.982. The van der Waals surface area contributed by atoms with Gasteiger partial charge in [-0.15, -0.1) is 0 Å². The maximum absolute atomic E-state index is 12.8. The molecule has 1 atom stereocenters. The molecule has 0 saturated carbocycles. The van der Waals surface area contributed by atoms with Gasteiger partial charge in [-0.1, -0.05) is 12.1 Å². The van der Waals surface area contributed by atoms with E-state index in [0.717, 1.165) is 5.56 Å². The quantitative estimate of drug-likeness (QED) is 0.595. The molecule has 0 saturated heterocycles. The number of ketones is 1. The first-order valence-electron chi connectivity index (χ1n) is 7.79. The number of esters is 1. The number of hydrogen-bond donors (Lipinski definition) is 2. The van der Waals surface area contributed by atoms with E-state index in [1.807, 2.05) is 0 Å². The second-order valence-corrected chi connectivity index (χ2v) is 5.57. The van der Waals surface area contributed by atoms with Gasteiger partial charge in [0, 0.05) is 18.3 Å². The van der Waals surface area contributed by atoms with Crippen LogP contribution in [0.4, 0.5) is 4.39 Å². The molecule has 0 aliphatic heterocycles. The van der Waals surface area contributed by atoms with Gasteiger partial charge in [-0.3, -0.25) is 9.59 Å². The summed E-state index contributed by atoms with van der Waals surface area (Å²) in [7, 11) is 0. The van der Waals surface area contributed by atoms with E-state index in [0.29, 0.717) is 18.5 Å². The Morgan fingerprint density at radius 3 is 2.52 bits per heavy atom. The Hall–Kier alpha value is -2.96. The Balaban J connectivity index is 1.79. The van der Waals surface area contributed by atoms with Crippen molar-refractivity contribution >= 4 is 17.7 Å². The Morgan fingerprint density at radius 2 is 1.92 bits per heavy atom. The number of hydrogen-bond acceptors (Lipinski definition) is 4. The number of rotatable bonds is 7. The fourth-order valence-corrected chi connectivity index (χ4v) is 2.12. The first kappa shape index (κ1) is 18.4. The number of amides is 1. The summed E-state index contributed by atoms with van der Waals surface area (Å²) in [5.41, 5.74) is 1.36. The normalized spacial score (nSPS) is 11.6. The van der Waals surface area contributed by atoms with Crippen molar-refractivity contribution in [3.8, 4) is 0 Å². The topological polar surface area (TPSA) is 88.3 Å². The van der Waals surface area contributed by atoms with E-state index in [1.165, 1.54) is 38.2 Å². The molecule has 0 aliphatic carbocycles. The third-order valence-electron chi connectivity index (χ3n) is 3.59. The smallest absolute Gasteiger partial charge is 0.355 e. The van der Waals surface area contributed by atoms with Crippen molar-refractivity contribution in [1.82, 2.24) is 10.3 Å². The molecule has 25 heavy (non-hydrogen) atoms. The molecule has 1 aromatic heterocycles. The zero-order valence-corrected chi connectivity index (χ0v) is 14.0. The zero-order chi connectivity index (χ0) is 18.4. The molecule has 2 rings (SSSR count). The Labute approximate surface area is 144 Å². The first-order chi connectivity index (χ1) is 11.9. The number of H-pyrrole nitrogens is 1. The molecule has 1 heterocycles. The van der Waals surface area contributed by atoms with Crippen LogP contribution in [0.15, 0.2) is 36.5 Å². The summed E-state index contributed by atoms with van der Waals surface area (Å²) < 4.78 is 17.9. The van der Waals surface area contributed by atoms with Gasteiger partial charge in [0.2, 0.25) is 0 Å². The molecule has 2 N–H and O–H groups in total. The van der Waals surface area contributed by atoms with E-state index >= 15 is 0 Å². The number of benzene rings is 1. The number of carbonyl (C=O) groups is 3. The van der Waals surface area contributed by atoms with Crippen LogP contribution in [0.25, 0.3) is 0 Å². The van der Waals surface area contributed by atoms with E-state index in [-0.39, 0.29) is 17.3 Å². The molecule has 6 nitrogen and oxygen atoms in total. The van der Waals surface area contributed by atoms with Crippen LogP contribution >= 0.6 is 0 Å². The molecule has 0 spiro atoms. The molecule has 0 aliphatic rings. The molecule has 0 bridgehead atoms. The highest BCUT2D eigenvalue weighted by Gasteiger charge is 2.20. The molecule has 7 heteroatoms. The van der Waals surface area contributed by atoms with Crippen molar-refractivity contribution in [1.29, 1.82) is 0 Å². The lowest BCUT2D eigenvalue weighted by molar-refractivity contribution is -0.129. The average molecular weight is 346 g/mol. The number of ether oxygens (including phenoxy) is 1. The van der Waals surface area contributed by atoms with Gasteiger partial charge in [-0.2, -0.15) is 0 Å².